The molecule has 1 aromatic carbocycles. The molecule has 0 unspecified atom stereocenters. The number of hydrogen-bond acceptors (Lipinski definition) is 3. The van der Waals surface area contributed by atoms with Crippen molar-refractivity contribution in [2.45, 2.75) is 26.7 Å². The third kappa shape index (κ3) is 6.52. The molecule has 0 aliphatic rings. The molecule has 0 saturated heterocycles. The number of benzene rings is 1. The molecule has 1 N–H and O–H groups in total. The first kappa shape index (κ1) is 19.2. The molecule has 0 saturated carbocycles. The zero-order valence-electron chi connectivity index (χ0n) is 12.6. The number of nitrogens with zero attached hydrogens (tertiary/aromatic N) is 1. The van der Waals surface area contributed by atoms with Crippen LogP contribution in [0, 0.1) is 0 Å². The Morgan fingerprint density at radius 2 is 1.82 bits per heavy atom. The number of carbonyl (C=O) groups excluding carboxylic acids is 1. The van der Waals surface area contributed by atoms with Crippen molar-refractivity contribution in [2.75, 3.05) is 23.7 Å². The third-order valence-corrected chi connectivity index (χ3v) is 4.87. The van der Waals surface area contributed by atoms with Crippen molar-refractivity contribution in [1.82, 2.24) is 4.72 Å². The lowest BCUT2D eigenvalue weighted by Gasteiger charge is -2.22. The van der Waals surface area contributed by atoms with Gasteiger partial charge in [0, 0.05) is 35.7 Å². The van der Waals surface area contributed by atoms with Crippen LogP contribution in [0.15, 0.2) is 18.2 Å². The maximum atomic E-state index is 11.8. The van der Waals surface area contributed by atoms with Gasteiger partial charge >= 0.3 is 0 Å². The van der Waals surface area contributed by atoms with E-state index in [-0.39, 0.29) is 24.7 Å². The minimum atomic E-state index is -3.30. The van der Waals surface area contributed by atoms with Crippen molar-refractivity contribution in [2.24, 2.45) is 0 Å². The summed E-state index contributed by atoms with van der Waals surface area (Å²) in [5, 5.41) is 0.828. The average molecular weight is 367 g/mol. The Hall–Kier alpha value is -0.820. The normalized spacial score (nSPS) is 11.5. The molecular formula is C14H20Cl2N2O3S. The summed E-state index contributed by atoms with van der Waals surface area (Å²) in [5.41, 5.74) is 0.540. The molecule has 0 atom stereocenters. The molecule has 0 aromatic heterocycles. The van der Waals surface area contributed by atoms with Crippen LogP contribution in [0.1, 0.15) is 26.7 Å². The maximum Gasteiger partial charge on any atom is 0.223 e. The fourth-order valence-corrected chi connectivity index (χ4v) is 3.61. The average Bonchev–Trinajstić information content (AvgIpc) is 2.40. The topological polar surface area (TPSA) is 66.5 Å². The van der Waals surface area contributed by atoms with Crippen LogP contribution >= 0.6 is 23.2 Å². The van der Waals surface area contributed by atoms with Crippen LogP contribution in [-0.2, 0) is 14.8 Å². The van der Waals surface area contributed by atoms with Crippen LogP contribution in [0.25, 0.3) is 0 Å². The Kier molecular flexibility index (Phi) is 7.62. The quantitative estimate of drug-likeness (QED) is 0.768. The van der Waals surface area contributed by atoms with Crippen molar-refractivity contribution in [3.63, 3.8) is 0 Å². The molecule has 0 radical (unpaired) electrons. The van der Waals surface area contributed by atoms with E-state index < -0.39 is 10.0 Å². The van der Waals surface area contributed by atoms with Crippen molar-refractivity contribution >= 4 is 44.8 Å². The molecular weight excluding hydrogens is 347 g/mol. The Bertz CT molecular complexity index is 600. The summed E-state index contributed by atoms with van der Waals surface area (Å²) in [6, 6.07) is 4.79. The van der Waals surface area contributed by atoms with Crippen molar-refractivity contribution < 1.29 is 13.2 Å². The highest BCUT2D eigenvalue weighted by Gasteiger charge is 2.15. The van der Waals surface area contributed by atoms with Gasteiger partial charge in [0.2, 0.25) is 15.9 Å². The van der Waals surface area contributed by atoms with E-state index in [9.17, 15) is 13.2 Å². The monoisotopic (exact) mass is 366 g/mol. The van der Waals surface area contributed by atoms with E-state index >= 15 is 0 Å². The van der Waals surface area contributed by atoms with Gasteiger partial charge in [-0.2, -0.15) is 0 Å². The molecule has 0 spiro atoms. The molecule has 0 heterocycles. The van der Waals surface area contributed by atoms with E-state index in [1.54, 1.807) is 18.2 Å². The summed E-state index contributed by atoms with van der Waals surface area (Å²) in [7, 11) is -3.30. The zero-order valence-corrected chi connectivity index (χ0v) is 14.9. The van der Waals surface area contributed by atoms with Gasteiger partial charge in [-0.1, -0.05) is 36.5 Å². The number of unbranched alkanes of at least 4 members (excludes halogenated alkanes) is 1. The molecule has 124 valence electrons. The predicted octanol–water partition coefficient (Wildman–Crippen LogP) is 3.07. The Morgan fingerprint density at radius 3 is 2.32 bits per heavy atom. The fourth-order valence-electron chi connectivity index (χ4n) is 1.88. The Balaban J connectivity index is 2.72. The number of nitrogens with one attached hydrogen (secondary N) is 1. The van der Waals surface area contributed by atoms with Gasteiger partial charge in [-0.15, -0.1) is 0 Å². The second kappa shape index (κ2) is 8.72. The summed E-state index contributed by atoms with van der Waals surface area (Å²) in [4.78, 5) is 13.2. The van der Waals surface area contributed by atoms with E-state index in [0.717, 1.165) is 6.42 Å². The van der Waals surface area contributed by atoms with E-state index in [0.29, 0.717) is 22.2 Å². The number of sulfonamides is 1. The standard InChI is InChI=1S/C14H20Cl2N2O3S/c1-3-4-7-22(20,21)17-5-6-18(11(2)19)14-9-12(15)8-13(16)10-14/h8-10,17H,3-7H2,1-2H3. The molecule has 0 bridgehead atoms. The molecule has 22 heavy (non-hydrogen) atoms. The minimum absolute atomic E-state index is 0.0898. The lowest BCUT2D eigenvalue weighted by molar-refractivity contribution is -0.116. The van der Waals surface area contributed by atoms with Crippen LogP contribution < -0.4 is 9.62 Å². The summed E-state index contributed by atoms with van der Waals surface area (Å²) in [6.07, 6.45) is 1.41. The molecule has 1 rings (SSSR count). The summed E-state index contributed by atoms with van der Waals surface area (Å²) < 4.78 is 25.9. The number of halogens is 2. The molecule has 0 aliphatic carbocycles. The summed E-state index contributed by atoms with van der Waals surface area (Å²) in [6.45, 7) is 3.67. The molecule has 0 aliphatic heterocycles. The van der Waals surface area contributed by atoms with Gasteiger partial charge in [-0.05, 0) is 24.6 Å². The molecule has 1 aromatic rings. The van der Waals surface area contributed by atoms with E-state index in [1.807, 2.05) is 6.92 Å². The van der Waals surface area contributed by atoms with Gasteiger partial charge < -0.3 is 4.90 Å². The first-order valence-corrected chi connectivity index (χ1v) is 9.37. The number of carbonyl (C=O) groups is 1. The maximum absolute atomic E-state index is 11.8. The minimum Gasteiger partial charge on any atom is -0.311 e. The first-order valence-electron chi connectivity index (χ1n) is 6.96. The zero-order chi connectivity index (χ0) is 16.8. The number of amides is 1. The number of rotatable bonds is 8. The molecule has 5 nitrogen and oxygen atoms in total. The van der Waals surface area contributed by atoms with Gasteiger partial charge in [0.25, 0.3) is 0 Å². The van der Waals surface area contributed by atoms with E-state index in [2.05, 4.69) is 4.72 Å². The van der Waals surface area contributed by atoms with Crippen LogP contribution in [0.5, 0.6) is 0 Å². The third-order valence-electron chi connectivity index (χ3n) is 2.96. The highest BCUT2D eigenvalue weighted by molar-refractivity contribution is 7.89. The highest BCUT2D eigenvalue weighted by atomic mass is 35.5. The van der Waals surface area contributed by atoms with Crippen molar-refractivity contribution in [3.8, 4) is 0 Å². The smallest absolute Gasteiger partial charge is 0.223 e. The van der Waals surface area contributed by atoms with Gasteiger partial charge in [-0.25, -0.2) is 13.1 Å². The molecule has 1 amide bonds. The Morgan fingerprint density at radius 1 is 1.23 bits per heavy atom. The first-order chi connectivity index (χ1) is 10.2. The Labute approximate surface area is 141 Å². The fraction of sp³-hybridized carbons (Fsp3) is 0.500. The van der Waals surface area contributed by atoms with Gasteiger partial charge in [0.1, 0.15) is 0 Å². The van der Waals surface area contributed by atoms with E-state index in [1.165, 1.54) is 11.8 Å². The highest BCUT2D eigenvalue weighted by Crippen LogP contribution is 2.25. The number of hydrogen-bond donors (Lipinski definition) is 1. The second-order valence-corrected chi connectivity index (χ2v) is 7.66. The van der Waals surface area contributed by atoms with Crippen LogP contribution in [0.3, 0.4) is 0 Å². The summed E-state index contributed by atoms with van der Waals surface area (Å²) >= 11 is 11.9. The van der Waals surface area contributed by atoms with Gasteiger partial charge in [-0.3, -0.25) is 4.79 Å². The predicted molar refractivity (Wildman–Crippen MR) is 91.2 cm³/mol. The lowest BCUT2D eigenvalue weighted by atomic mass is 10.3. The van der Waals surface area contributed by atoms with Crippen LogP contribution in [-0.4, -0.2) is 33.2 Å². The SMILES string of the molecule is CCCCS(=O)(=O)NCCN(C(C)=O)c1cc(Cl)cc(Cl)c1. The van der Waals surface area contributed by atoms with Gasteiger partial charge in [0.05, 0.1) is 5.75 Å². The van der Waals surface area contributed by atoms with Crippen molar-refractivity contribution in [1.29, 1.82) is 0 Å². The largest absolute Gasteiger partial charge is 0.311 e. The molecule has 8 heteroatoms. The number of anilines is 1. The van der Waals surface area contributed by atoms with Crippen LogP contribution in [0.2, 0.25) is 10.0 Å². The second-order valence-electron chi connectivity index (χ2n) is 4.87. The van der Waals surface area contributed by atoms with E-state index in [4.69, 9.17) is 23.2 Å². The molecule has 0 fully saturated rings. The lowest BCUT2D eigenvalue weighted by Crippen LogP contribution is -2.38. The van der Waals surface area contributed by atoms with Crippen LogP contribution in [0.4, 0.5) is 5.69 Å². The van der Waals surface area contributed by atoms with Crippen molar-refractivity contribution in [3.05, 3.63) is 28.2 Å². The summed E-state index contributed by atoms with van der Waals surface area (Å²) in [5.74, 6) is -0.127. The van der Waals surface area contributed by atoms with Gasteiger partial charge in [0.15, 0.2) is 0 Å².